The number of rotatable bonds is 3. The molecule has 104 valence electrons. The monoisotopic (exact) mass is 279 g/mol. The molecule has 2 aromatic carbocycles. The summed E-state index contributed by atoms with van der Waals surface area (Å²) < 4.78 is 10.6. The number of aliphatic hydroxyl groups excluding tert-OH is 1. The quantitative estimate of drug-likeness (QED) is 0.749. The smallest absolute Gasteiger partial charge is 0.136 e. The van der Waals surface area contributed by atoms with Crippen LogP contribution in [0.25, 0.3) is 10.8 Å². The fraction of sp³-hybridized carbons (Fsp3) is 0.118. The molecule has 3 aromatic rings. The van der Waals surface area contributed by atoms with Crippen LogP contribution in [-0.2, 0) is 6.61 Å². The maximum Gasteiger partial charge on any atom is 0.136 e. The average molecular weight is 279 g/mol. The van der Waals surface area contributed by atoms with Gasteiger partial charge < -0.3 is 14.4 Å². The number of benzene rings is 2. The van der Waals surface area contributed by atoms with Crippen LogP contribution in [0.5, 0.6) is 5.75 Å². The van der Waals surface area contributed by atoms with Gasteiger partial charge in [0.2, 0.25) is 0 Å². The number of ether oxygens (including phenoxy) is 1. The van der Waals surface area contributed by atoms with Crippen molar-refractivity contribution in [3.8, 4) is 17.6 Å². The second-order valence-electron chi connectivity index (χ2n) is 4.44. The Morgan fingerprint density at radius 3 is 2.90 bits per heavy atom. The second-order valence-corrected chi connectivity index (χ2v) is 4.44. The molecule has 4 nitrogen and oxygen atoms in total. The average Bonchev–Trinajstić information content (AvgIpc) is 3.04. The predicted molar refractivity (Wildman–Crippen MR) is 78.7 cm³/mol. The minimum atomic E-state index is -0.186. The Balaban J connectivity index is 2.00. The molecule has 1 heterocycles. The second kappa shape index (κ2) is 6.12. The van der Waals surface area contributed by atoms with Crippen molar-refractivity contribution in [3.63, 3.8) is 0 Å². The molecule has 0 fully saturated rings. The van der Waals surface area contributed by atoms with Crippen LogP contribution in [0.4, 0.5) is 0 Å². The van der Waals surface area contributed by atoms with Crippen molar-refractivity contribution in [2.24, 2.45) is 0 Å². The summed E-state index contributed by atoms with van der Waals surface area (Å²) in [5, 5.41) is 14.7. The zero-order valence-corrected chi connectivity index (χ0v) is 11.2. The van der Waals surface area contributed by atoms with Gasteiger partial charge in [-0.15, -0.1) is 0 Å². The minimum absolute atomic E-state index is 0.186. The van der Waals surface area contributed by atoms with Gasteiger partial charge in [0.15, 0.2) is 0 Å². The van der Waals surface area contributed by atoms with Gasteiger partial charge >= 0.3 is 0 Å². The molecular weight excluding hydrogens is 266 g/mol. The highest BCUT2D eigenvalue weighted by molar-refractivity contribution is 5.90. The summed E-state index contributed by atoms with van der Waals surface area (Å²) in [6.07, 6.45) is 3.15. The van der Waals surface area contributed by atoms with Gasteiger partial charge in [-0.3, -0.25) is 0 Å². The van der Waals surface area contributed by atoms with Crippen molar-refractivity contribution in [2.75, 3.05) is 6.61 Å². The summed E-state index contributed by atoms with van der Waals surface area (Å²) in [6.45, 7) is 0.171. The molecule has 0 amide bonds. The van der Waals surface area contributed by atoms with Gasteiger partial charge in [-0.1, -0.05) is 47.3 Å². The molecule has 0 aliphatic carbocycles. The predicted octanol–water partition coefficient (Wildman–Crippen LogP) is 2.75. The molecule has 0 saturated heterocycles. The lowest BCUT2D eigenvalue weighted by Gasteiger charge is -2.09. The van der Waals surface area contributed by atoms with E-state index in [0.29, 0.717) is 12.4 Å². The molecule has 0 spiro atoms. The molecule has 0 saturated carbocycles. The largest absolute Gasteiger partial charge is 0.487 e. The molecule has 0 unspecified atom stereocenters. The lowest BCUT2D eigenvalue weighted by atomic mass is 10.0. The normalized spacial score (nSPS) is 10.1. The number of nitrogens with zero attached hydrogens (tertiary/aromatic N) is 1. The molecule has 4 heteroatoms. The van der Waals surface area contributed by atoms with E-state index in [1.54, 1.807) is 12.5 Å². The molecule has 0 aliphatic rings. The Bertz CT molecular complexity index is 798. The van der Waals surface area contributed by atoms with Crippen LogP contribution >= 0.6 is 0 Å². The van der Waals surface area contributed by atoms with E-state index < -0.39 is 0 Å². The number of aliphatic hydroxyl groups is 1. The number of hydrogen-bond donors (Lipinski definition) is 1. The summed E-state index contributed by atoms with van der Waals surface area (Å²) >= 11 is 0. The van der Waals surface area contributed by atoms with E-state index in [0.717, 1.165) is 21.9 Å². The highest BCUT2D eigenvalue weighted by Crippen LogP contribution is 2.28. The van der Waals surface area contributed by atoms with Crippen molar-refractivity contribution >= 4 is 10.8 Å². The Morgan fingerprint density at radius 2 is 2.10 bits per heavy atom. The zero-order valence-electron chi connectivity index (χ0n) is 11.2. The first-order valence-electron chi connectivity index (χ1n) is 6.51. The fourth-order valence-corrected chi connectivity index (χ4v) is 2.09. The van der Waals surface area contributed by atoms with Gasteiger partial charge in [0.1, 0.15) is 25.2 Å². The SMILES string of the molecule is OCC#Cc1c(OCc2cnoc2)ccc2ccccc12. The molecule has 0 atom stereocenters. The fourth-order valence-electron chi connectivity index (χ4n) is 2.09. The van der Waals surface area contributed by atoms with Gasteiger partial charge in [-0.25, -0.2) is 0 Å². The number of hydrogen-bond acceptors (Lipinski definition) is 4. The topological polar surface area (TPSA) is 55.5 Å². The first-order valence-corrected chi connectivity index (χ1v) is 6.51. The third kappa shape index (κ3) is 2.88. The van der Waals surface area contributed by atoms with Crippen LogP contribution in [0.2, 0.25) is 0 Å². The highest BCUT2D eigenvalue weighted by atomic mass is 16.5. The molecule has 1 N–H and O–H groups in total. The highest BCUT2D eigenvalue weighted by Gasteiger charge is 2.07. The van der Waals surface area contributed by atoms with Crippen LogP contribution in [-0.4, -0.2) is 16.9 Å². The van der Waals surface area contributed by atoms with Crippen molar-refractivity contribution in [1.29, 1.82) is 0 Å². The van der Waals surface area contributed by atoms with Crippen LogP contribution in [0.1, 0.15) is 11.1 Å². The van der Waals surface area contributed by atoms with E-state index in [1.165, 1.54) is 0 Å². The number of aromatic nitrogens is 1. The lowest BCUT2D eigenvalue weighted by Crippen LogP contribution is -1.97. The van der Waals surface area contributed by atoms with Gasteiger partial charge in [-0.05, 0) is 11.5 Å². The van der Waals surface area contributed by atoms with Crippen molar-refractivity contribution in [2.45, 2.75) is 6.61 Å². The van der Waals surface area contributed by atoms with Gasteiger partial charge in [-0.2, -0.15) is 0 Å². The Hall–Kier alpha value is -2.77. The Morgan fingerprint density at radius 1 is 1.19 bits per heavy atom. The van der Waals surface area contributed by atoms with Gasteiger partial charge in [0.05, 0.1) is 11.8 Å². The zero-order chi connectivity index (χ0) is 14.5. The van der Waals surface area contributed by atoms with Crippen molar-refractivity contribution in [3.05, 3.63) is 60.0 Å². The summed E-state index contributed by atoms with van der Waals surface area (Å²) in [4.78, 5) is 0. The molecule has 1 aromatic heterocycles. The summed E-state index contributed by atoms with van der Waals surface area (Å²) in [6, 6.07) is 11.8. The molecule has 0 radical (unpaired) electrons. The van der Waals surface area contributed by atoms with Crippen LogP contribution < -0.4 is 4.74 Å². The summed E-state index contributed by atoms with van der Waals surface area (Å²) in [5.74, 6) is 6.33. The van der Waals surface area contributed by atoms with E-state index in [4.69, 9.17) is 14.4 Å². The summed E-state index contributed by atoms with van der Waals surface area (Å²) in [7, 11) is 0. The first-order chi connectivity index (χ1) is 10.4. The number of fused-ring (bicyclic) bond motifs is 1. The van der Waals surface area contributed by atoms with Crippen molar-refractivity contribution in [1.82, 2.24) is 5.16 Å². The van der Waals surface area contributed by atoms with E-state index in [9.17, 15) is 0 Å². The van der Waals surface area contributed by atoms with Crippen LogP contribution in [0, 0.1) is 11.8 Å². The lowest BCUT2D eigenvalue weighted by molar-refractivity contribution is 0.304. The molecule has 3 rings (SSSR count). The third-order valence-corrected chi connectivity index (χ3v) is 3.06. The maximum atomic E-state index is 8.94. The molecule has 21 heavy (non-hydrogen) atoms. The maximum absolute atomic E-state index is 8.94. The third-order valence-electron chi connectivity index (χ3n) is 3.06. The Labute approximate surface area is 122 Å². The molecule has 0 aliphatic heterocycles. The van der Waals surface area contributed by atoms with Crippen LogP contribution in [0.3, 0.4) is 0 Å². The van der Waals surface area contributed by atoms with E-state index in [1.807, 2.05) is 36.4 Å². The van der Waals surface area contributed by atoms with Gasteiger partial charge in [0, 0.05) is 10.9 Å². The van der Waals surface area contributed by atoms with E-state index in [2.05, 4.69) is 17.0 Å². The molecule has 0 bridgehead atoms. The van der Waals surface area contributed by atoms with Crippen molar-refractivity contribution < 1.29 is 14.4 Å². The van der Waals surface area contributed by atoms with E-state index >= 15 is 0 Å². The summed E-state index contributed by atoms with van der Waals surface area (Å²) in [5.41, 5.74) is 1.63. The minimum Gasteiger partial charge on any atom is -0.487 e. The Kier molecular flexibility index (Phi) is 3.85. The van der Waals surface area contributed by atoms with E-state index in [-0.39, 0.29) is 6.61 Å². The first kappa shape index (κ1) is 13.2. The standard InChI is InChI=1S/C17H13NO3/c19-9-3-6-16-15-5-2-1-4-14(15)7-8-17(16)20-11-13-10-18-21-12-13/h1-2,4-5,7-8,10,12,19H,9,11H2. The van der Waals surface area contributed by atoms with Crippen LogP contribution in [0.15, 0.2) is 53.4 Å². The molecular formula is C17H13NO3. The van der Waals surface area contributed by atoms with Gasteiger partial charge in [0.25, 0.3) is 0 Å².